The van der Waals surface area contributed by atoms with Gasteiger partial charge in [-0.25, -0.2) is 0 Å². The second kappa shape index (κ2) is 90.0. The van der Waals surface area contributed by atoms with E-state index < -0.39 is 0 Å². The lowest BCUT2D eigenvalue weighted by Gasteiger charge is -2.17. The molecule has 0 aromatic heterocycles. The number of ketones is 5. The van der Waals surface area contributed by atoms with E-state index in [0.29, 0.717) is 63.6 Å². The van der Waals surface area contributed by atoms with Gasteiger partial charge in [0, 0.05) is 45.3 Å². The molecular formula is C77H147NO8. The van der Waals surface area contributed by atoms with Crippen LogP contribution in [0.15, 0.2) is 68.5 Å². The van der Waals surface area contributed by atoms with Crippen LogP contribution in [0.1, 0.15) is 347 Å². The number of esters is 1. The number of Topliss-reactive ketones (excluding diaryl/α,β-unsaturated/α-hetero) is 2. The fourth-order valence-electron chi connectivity index (χ4n) is 8.30. The van der Waals surface area contributed by atoms with Crippen LogP contribution in [0, 0.1) is 11.8 Å². The van der Waals surface area contributed by atoms with Crippen LogP contribution in [0.4, 0.5) is 0 Å². The molecule has 9 heteroatoms. The van der Waals surface area contributed by atoms with Gasteiger partial charge in [-0.05, 0) is 94.4 Å². The maximum absolute atomic E-state index is 11.8. The Kier molecular flexibility index (Phi) is 103. The van der Waals surface area contributed by atoms with E-state index in [9.17, 15) is 28.8 Å². The van der Waals surface area contributed by atoms with E-state index in [-0.39, 0.29) is 49.6 Å². The lowest BCUT2D eigenvalue weighted by Crippen LogP contribution is -2.35. The third-order valence-electron chi connectivity index (χ3n) is 14.2. The number of hydrogen-bond donors (Lipinski definition) is 1. The highest BCUT2D eigenvalue weighted by molar-refractivity contribution is 5.92. The molecule has 0 unspecified atom stereocenters. The Morgan fingerprint density at radius 1 is 0.570 bits per heavy atom. The minimum absolute atomic E-state index is 0. The standard InChI is InChI=1S/C18H29NO3.C17H28O2.C11H20O.C9H20.C8H18O.C7H14.C4H8O.C2H6.CH4/c1-4-7-9-10-11-12-14-22-18(21)16-19(13-8-5-2)15-17(20)6-3;1-3-5-6-7-8-9-10-11-13-17(19)15-12-14-16(18)4-2;1-4-10(5-2)8-7-9-11(12)6-3;1-3-5-7-9-8-6-4-2;1-2-3-4-5-6-7-8-9;1-7-5-3-2-4-6-7;1-3-4(2)5;1-2;/h6,8H,2-4,7,9-16H2,1H3;4,11,13H,2-3,5-10,12,14-15H2,1H3;4,10H,1,5-9H2,2-3H3;3-9H2,1-2H3;9H,2-8H2,1H3;7H,2-6H2,1H3;3H2,1-2H3;1-2H3;1H4/b;13-11-;;;;;;;/t;;10-;;;;;;/m..1....../s1. The summed E-state index contributed by atoms with van der Waals surface area (Å²) in [5, 5.41) is 8.42. The number of carbonyl (C=O) groups excluding carboxylic acids is 6. The summed E-state index contributed by atoms with van der Waals surface area (Å²) in [6.45, 7) is 40.6. The normalized spacial score (nSPS) is 11.4. The largest absolute Gasteiger partial charge is 0.465 e. The first-order valence-electron chi connectivity index (χ1n) is 35.0. The van der Waals surface area contributed by atoms with Gasteiger partial charge in [-0.1, -0.05) is 289 Å². The fraction of sp³-hybridized carbons (Fsp3) is 0.779. The van der Waals surface area contributed by atoms with Gasteiger partial charge in [0.2, 0.25) is 0 Å². The van der Waals surface area contributed by atoms with Gasteiger partial charge in [-0.3, -0.25) is 28.9 Å². The number of rotatable bonds is 47. The van der Waals surface area contributed by atoms with Gasteiger partial charge >= 0.3 is 5.97 Å². The Morgan fingerprint density at radius 3 is 1.40 bits per heavy atom. The summed E-state index contributed by atoms with van der Waals surface area (Å²) in [5.41, 5.74) is 2.63. The molecule has 1 aliphatic carbocycles. The first kappa shape index (κ1) is 98.5. The van der Waals surface area contributed by atoms with E-state index in [1.165, 1.54) is 186 Å². The number of carbonyl (C=O) groups is 6. The van der Waals surface area contributed by atoms with E-state index in [1.807, 2.05) is 39.8 Å². The van der Waals surface area contributed by atoms with Gasteiger partial charge in [0.05, 0.1) is 19.7 Å². The van der Waals surface area contributed by atoms with Crippen molar-refractivity contribution in [2.24, 2.45) is 11.8 Å². The first-order valence-corrected chi connectivity index (χ1v) is 35.0. The van der Waals surface area contributed by atoms with Crippen LogP contribution in [0.3, 0.4) is 0 Å². The molecule has 86 heavy (non-hydrogen) atoms. The summed E-state index contributed by atoms with van der Waals surface area (Å²) in [5.74, 6) is 2.00. The molecule has 0 amide bonds. The van der Waals surface area contributed by atoms with Crippen LogP contribution < -0.4 is 0 Å². The molecule has 1 N–H and O–H groups in total. The van der Waals surface area contributed by atoms with Gasteiger partial charge in [0.25, 0.3) is 0 Å². The third kappa shape index (κ3) is 99.3. The molecule has 0 aliphatic heterocycles. The molecule has 0 aromatic carbocycles. The zero-order valence-electron chi connectivity index (χ0n) is 58.5. The molecule has 1 fully saturated rings. The summed E-state index contributed by atoms with van der Waals surface area (Å²) in [4.78, 5) is 68.0. The highest BCUT2D eigenvalue weighted by Crippen LogP contribution is 2.22. The average molecular weight is 1220 g/mol. The maximum Gasteiger partial charge on any atom is 0.320 e. The first-order chi connectivity index (χ1) is 41.1. The van der Waals surface area contributed by atoms with Gasteiger partial charge < -0.3 is 14.6 Å². The van der Waals surface area contributed by atoms with E-state index in [2.05, 4.69) is 80.5 Å². The Labute approximate surface area is 536 Å². The number of unbranched alkanes of at least 4 members (excludes halogenated alkanes) is 22. The van der Waals surface area contributed by atoms with Crippen LogP contribution >= 0.6 is 0 Å². The quantitative estimate of drug-likeness (QED) is 0.0208. The molecule has 1 aliphatic rings. The van der Waals surface area contributed by atoms with Gasteiger partial charge in [-0.2, -0.15) is 0 Å². The molecule has 9 nitrogen and oxygen atoms in total. The van der Waals surface area contributed by atoms with Crippen molar-refractivity contribution in [3.63, 3.8) is 0 Å². The van der Waals surface area contributed by atoms with Crippen molar-refractivity contribution in [1.29, 1.82) is 0 Å². The second-order valence-electron chi connectivity index (χ2n) is 22.4. The van der Waals surface area contributed by atoms with Crippen LogP contribution in [-0.2, 0) is 33.5 Å². The predicted octanol–water partition coefficient (Wildman–Crippen LogP) is 22.8. The Hall–Kier alpha value is -3.78. The molecule has 0 saturated heterocycles. The summed E-state index contributed by atoms with van der Waals surface area (Å²) < 4.78 is 5.21. The molecule has 0 heterocycles. The van der Waals surface area contributed by atoms with Crippen LogP contribution in [0.5, 0.6) is 0 Å². The van der Waals surface area contributed by atoms with Crippen LogP contribution in [-0.4, -0.2) is 77.7 Å². The summed E-state index contributed by atoms with van der Waals surface area (Å²) in [6.07, 6.45) is 57.3. The number of aliphatic hydroxyl groups excluding tert-OH is 1. The predicted molar refractivity (Wildman–Crippen MR) is 379 cm³/mol. The lowest BCUT2D eigenvalue weighted by atomic mass is 9.91. The SMILES string of the molecule is C.C=C=CCN(CC(=O)C=C)CC(=O)OCCCCCCCC.C=CC(=O)CCCC(=O)/C=C\CCCCCCCC.C=C[C@H](CC)CCCC(=O)CC.CC.CC1CCCCC1.CCC(C)=O.CCCCCCCCC.CCCCCCCCO. The van der Waals surface area contributed by atoms with Crippen LogP contribution in [0.25, 0.3) is 0 Å². The molecule has 1 saturated carbocycles. The third-order valence-corrected chi connectivity index (χ3v) is 14.2. The topological polar surface area (TPSA) is 135 Å². The monoisotopic (exact) mass is 1210 g/mol. The second-order valence-corrected chi connectivity index (χ2v) is 22.4. The van der Waals surface area contributed by atoms with Crippen LogP contribution in [0.2, 0.25) is 0 Å². The number of nitrogens with zero attached hydrogens (tertiary/aromatic N) is 1. The molecule has 0 aromatic rings. The van der Waals surface area contributed by atoms with Crippen molar-refractivity contribution in [3.8, 4) is 0 Å². The molecule has 0 spiro atoms. The fourth-order valence-corrected chi connectivity index (χ4v) is 8.30. The van der Waals surface area contributed by atoms with Gasteiger partial charge in [-0.15, -0.1) is 12.3 Å². The Morgan fingerprint density at radius 2 is 1.01 bits per heavy atom. The van der Waals surface area contributed by atoms with Crippen molar-refractivity contribution in [3.05, 3.63) is 68.5 Å². The van der Waals surface area contributed by atoms with Crippen molar-refractivity contribution < 1.29 is 38.6 Å². The number of ether oxygens (including phenoxy) is 1. The number of aliphatic hydroxyl groups is 1. The summed E-state index contributed by atoms with van der Waals surface area (Å²) in [6, 6.07) is 0. The zero-order valence-corrected chi connectivity index (χ0v) is 58.5. The Bertz CT molecular complexity index is 1510. The molecule has 1 rings (SSSR count). The van der Waals surface area contributed by atoms with Crippen molar-refractivity contribution in [2.45, 2.75) is 347 Å². The molecule has 508 valence electrons. The molecule has 1 atom stereocenters. The highest BCUT2D eigenvalue weighted by atomic mass is 16.5. The minimum Gasteiger partial charge on any atom is -0.465 e. The maximum atomic E-state index is 11.8. The smallest absolute Gasteiger partial charge is 0.320 e. The zero-order chi connectivity index (χ0) is 65.7. The minimum atomic E-state index is -0.303. The van der Waals surface area contributed by atoms with Gasteiger partial charge in [0.1, 0.15) is 11.6 Å². The molecule has 0 radical (unpaired) electrons. The van der Waals surface area contributed by atoms with Crippen molar-refractivity contribution in [1.82, 2.24) is 4.90 Å². The number of hydrogen-bond acceptors (Lipinski definition) is 9. The lowest BCUT2D eigenvalue weighted by molar-refractivity contribution is -0.145. The average Bonchev–Trinajstić information content (AvgIpc) is 3.53. The van der Waals surface area contributed by atoms with E-state index in [0.717, 1.165) is 57.3 Å². The van der Waals surface area contributed by atoms with E-state index >= 15 is 0 Å². The highest BCUT2D eigenvalue weighted by Gasteiger charge is 2.13. The Balaban J connectivity index is -0.000000143. The molecule has 0 bridgehead atoms. The summed E-state index contributed by atoms with van der Waals surface area (Å²) in [7, 11) is 0. The summed E-state index contributed by atoms with van der Waals surface area (Å²) >= 11 is 0. The van der Waals surface area contributed by atoms with Gasteiger partial charge in [0.15, 0.2) is 17.3 Å². The van der Waals surface area contributed by atoms with Crippen molar-refractivity contribution in [2.75, 3.05) is 32.8 Å². The van der Waals surface area contributed by atoms with Crippen molar-refractivity contribution >= 4 is 34.9 Å². The van der Waals surface area contributed by atoms with E-state index in [4.69, 9.17) is 9.84 Å². The number of allylic oxidation sites excluding steroid dienone is 4. The van der Waals surface area contributed by atoms with E-state index in [1.54, 1.807) is 24.0 Å². The molecular weight excluding hydrogens is 1070 g/mol.